The minimum absolute atomic E-state index is 0. The van der Waals surface area contributed by atoms with Crippen molar-refractivity contribution in [2.24, 2.45) is 0 Å². The normalized spacial score (nSPS) is 11.7. The van der Waals surface area contributed by atoms with Gasteiger partial charge in [0.25, 0.3) is 5.91 Å². The van der Waals surface area contributed by atoms with Gasteiger partial charge in [0.1, 0.15) is 10.6 Å². The van der Waals surface area contributed by atoms with E-state index in [4.69, 9.17) is 4.74 Å². The Morgan fingerprint density at radius 2 is 1.85 bits per heavy atom. The van der Waals surface area contributed by atoms with Gasteiger partial charge >= 0.3 is 0 Å². The smallest absolute Gasteiger partial charge is 0.262 e. The Kier molecular flexibility index (Phi) is 6.03. The number of aromatic nitrogens is 1. The van der Waals surface area contributed by atoms with Gasteiger partial charge in [0, 0.05) is 11.1 Å². The lowest BCUT2D eigenvalue weighted by atomic mass is 10.1. The number of hydrogen-bond donors (Lipinski definition) is 1. The van der Waals surface area contributed by atoms with Gasteiger partial charge in [-0.1, -0.05) is 19.6 Å². The fraction of sp³-hybridized carbons (Fsp3) is 0.333. The average molecular weight is 371 g/mol. The van der Waals surface area contributed by atoms with Crippen LogP contribution in [0.4, 0.5) is 0 Å². The van der Waals surface area contributed by atoms with Gasteiger partial charge < -0.3 is 10.1 Å². The number of carbonyl (C=O) groups excluding carboxylic acids is 1. The van der Waals surface area contributed by atoms with E-state index in [1.165, 1.54) is 16.9 Å². The maximum absolute atomic E-state index is 12.8. The quantitative estimate of drug-likeness (QED) is 0.673. The van der Waals surface area contributed by atoms with Crippen LogP contribution in [0.15, 0.2) is 30.3 Å². The van der Waals surface area contributed by atoms with Crippen molar-refractivity contribution in [3.05, 3.63) is 57.6 Å². The molecule has 1 unspecified atom stereocenters. The highest BCUT2D eigenvalue weighted by molar-refractivity contribution is 7.20. The molecule has 3 aromatic rings. The number of rotatable bonds is 4. The first-order valence-corrected chi connectivity index (χ1v) is 9.04. The molecule has 138 valence electrons. The van der Waals surface area contributed by atoms with Gasteiger partial charge in [-0.3, -0.25) is 4.79 Å². The van der Waals surface area contributed by atoms with Crippen molar-refractivity contribution < 1.29 is 9.53 Å². The van der Waals surface area contributed by atoms with Crippen molar-refractivity contribution in [3.63, 3.8) is 0 Å². The lowest BCUT2D eigenvalue weighted by Crippen LogP contribution is -2.26. The SMILES string of the molecule is C.COc1ccc(C(C)NC(=O)c2sc3nc(C)cc(C)c3c2C)cc1. The molecule has 1 amide bonds. The number of pyridine rings is 1. The van der Waals surface area contributed by atoms with Crippen LogP contribution in [0.5, 0.6) is 5.75 Å². The molecule has 0 spiro atoms. The van der Waals surface area contributed by atoms with Crippen LogP contribution in [0.3, 0.4) is 0 Å². The molecule has 4 nitrogen and oxygen atoms in total. The first-order valence-electron chi connectivity index (χ1n) is 8.23. The van der Waals surface area contributed by atoms with E-state index in [2.05, 4.69) is 23.3 Å². The number of thiophene rings is 1. The molecule has 0 saturated carbocycles. The Bertz CT molecular complexity index is 929. The molecular formula is C21H26N2O2S. The molecule has 0 fully saturated rings. The number of methoxy groups -OCH3 is 1. The van der Waals surface area contributed by atoms with Gasteiger partial charge in [0.2, 0.25) is 0 Å². The van der Waals surface area contributed by atoms with Crippen LogP contribution >= 0.6 is 11.3 Å². The molecule has 3 rings (SSSR count). The van der Waals surface area contributed by atoms with E-state index >= 15 is 0 Å². The van der Waals surface area contributed by atoms with E-state index in [1.807, 2.05) is 45.0 Å². The molecule has 0 aliphatic carbocycles. The second-order valence-electron chi connectivity index (χ2n) is 6.29. The van der Waals surface area contributed by atoms with Gasteiger partial charge in [-0.2, -0.15) is 0 Å². The number of nitrogens with one attached hydrogen (secondary N) is 1. The average Bonchev–Trinajstić information content (AvgIpc) is 2.91. The van der Waals surface area contributed by atoms with Crippen molar-refractivity contribution in [1.82, 2.24) is 10.3 Å². The molecule has 1 N–H and O–H groups in total. The Morgan fingerprint density at radius 3 is 2.46 bits per heavy atom. The summed E-state index contributed by atoms with van der Waals surface area (Å²) in [6, 6.07) is 9.72. The molecule has 2 aromatic heterocycles. The van der Waals surface area contributed by atoms with Crippen molar-refractivity contribution in [2.75, 3.05) is 7.11 Å². The standard InChI is InChI=1S/C20H22N2O2S.CH4/c1-11-10-12(2)21-20-17(11)13(3)18(25-20)19(23)22-14(4)15-6-8-16(24-5)9-7-15;/h6-10,14H,1-5H3,(H,22,23);1H4. The van der Waals surface area contributed by atoms with Gasteiger partial charge in [-0.15, -0.1) is 11.3 Å². The monoisotopic (exact) mass is 370 g/mol. The molecule has 5 heteroatoms. The summed E-state index contributed by atoms with van der Waals surface area (Å²) in [5.74, 6) is 0.750. The van der Waals surface area contributed by atoms with Crippen LogP contribution in [0, 0.1) is 20.8 Å². The topological polar surface area (TPSA) is 51.2 Å². The molecule has 26 heavy (non-hydrogen) atoms. The molecule has 0 aliphatic heterocycles. The Morgan fingerprint density at radius 1 is 1.19 bits per heavy atom. The number of ether oxygens (including phenoxy) is 1. The lowest BCUT2D eigenvalue weighted by molar-refractivity contribution is 0.0943. The second kappa shape index (κ2) is 7.87. The minimum atomic E-state index is -0.0844. The minimum Gasteiger partial charge on any atom is -0.497 e. The van der Waals surface area contributed by atoms with Crippen molar-refractivity contribution >= 4 is 27.5 Å². The number of benzene rings is 1. The van der Waals surface area contributed by atoms with E-state index in [-0.39, 0.29) is 19.4 Å². The zero-order chi connectivity index (χ0) is 18.1. The van der Waals surface area contributed by atoms with Crippen molar-refractivity contribution in [2.45, 2.75) is 41.2 Å². The molecular weight excluding hydrogens is 344 g/mol. The predicted octanol–water partition coefficient (Wildman–Crippen LogP) is 5.36. The van der Waals surface area contributed by atoms with Crippen LogP contribution in [0.25, 0.3) is 10.2 Å². The van der Waals surface area contributed by atoms with Crippen LogP contribution in [-0.4, -0.2) is 18.0 Å². The maximum Gasteiger partial charge on any atom is 0.262 e. The summed E-state index contributed by atoms with van der Waals surface area (Å²) in [4.78, 5) is 19.0. The number of hydrogen-bond acceptors (Lipinski definition) is 4. The zero-order valence-corrected chi connectivity index (χ0v) is 16.0. The summed E-state index contributed by atoms with van der Waals surface area (Å²) >= 11 is 1.46. The molecule has 0 saturated heterocycles. The lowest BCUT2D eigenvalue weighted by Gasteiger charge is -2.14. The van der Waals surface area contributed by atoms with E-state index < -0.39 is 0 Å². The number of aryl methyl sites for hydroxylation is 3. The highest BCUT2D eigenvalue weighted by atomic mass is 32.1. The second-order valence-corrected chi connectivity index (χ2v) is 7.28. The van der Waals surface area contributed by atoms with Gasteiger partial charge in [-0.25, -0.2) is 4.98 Å². The van der Waals surface area contributed by atoms with Crippen LogP contribution in [0.2, 0.25) is 0 Å². The third-order valence-corrected chi connectivity index (χ3v) is 5.58. The molecule has 0 bridgehead atoms. The number of nitrogens with zero attached hydrogens (tertiary/aromatic N) is 1. The summed E-state index contributed by atoms with van der Waals surface area (Å²) in [7, 11) is 1.64. The molecule has 1 aromatic carbocycles. The largest absolute Gasteiger partial charge is 0.497 e. The van der Waals surface area contributed by atoms with E-state index in [0.717, 1.165) is 37.7 Å². The van der Waals surface area contributed by atoms with E-state index in [0.29, 0.717) is 0 Å². The summed E-state index contributed by atoms with van der Waals surface area (Å²) in [6.45, 7) is 8.03. The Hall–Kier alpha value is -2.40. The molecule has 2 heterocycles. The summed E-state index contributed by atoms with van der Waals surface area (Å²) < 4.78 is 5.18. The highest BCUT2D eigenvalue weighted by Crippen LogP contribution is 2.32. The summed E-state index contributed by atoms with van der Waals surface area (Å²) in [5, 5.41) is 4.18. The first-order chi connectivity index (χ1) is 11.9. The Labute approximate surface area is 159 Å². The third-order valence-electron chi connectivity index (χ3n) is 4.40. The third kappa shape index (κ3) is 3.73. The first kappa shape index (κ1) is 19.9. The molecule has 1 atom stereocenters. The summed E-state index contributed by atoms with van der Waals surface area (Å²) in [6.07, 6.45) is 0. The van der Waals surface area contributed by atoms with Crippen molar-refractivity contribution in [1.29, 1.82) is 0 Å². The fourth-order valence-corrected chi connectivity index (χ4v) is 4.28. The highest BCUT2D eigenvalue weighted by Gasteiger charge is 2.19. The maximum atomic E-state index is 12.8. The number of amides is 1. The predicted molar refractivity (Wildman–Crippen MR) is 109 cm³/mol. The number of carbonyl (C=O) groups is 1. The molecule has 0 radical (unpaired) electrons. The van der Waals surface area contributed by atoms with Crippen molar-refractivity contribution in [3.8, 4) is 5.75 Å². The van der Waals surface area contributed by atoms with Crippen LogP contribution < -0.4 is 10.1 Å². The fourth-order valence-electron chi connectivity index (χ4n) is 3.07. The van der Waals surface area contributed by atoms with Crippen LogP contribution in [0.1, 0.15) is 52.4 Å². The van der Waals surface area contributed by atoms with Gasteiger partial charge in [0.15, 0.2) is 0 Å². The van der Waals surface area contributed by atoms with E-state index in [9.17, 15) is 4.79 Å². The van der Waals surface area contributed by atoms with Crippen LogP contribution in [-0.2, 0) is 0 Å². The van der Waals surface area contributed by atoms with Gasteiger partial charge in [-0.05, 0) is 62.6 Å². The Balaban J connectivity index is 0.00000243. The van der Waals surface area contributed by atoms with Gasteiger partial charge in [0.05, 0.1) is 18.0 Å². The summed E-state index contributed by atoms with van der Waals surface area (Å²) in [5.41, 5.74) is 4.19. The zero-order valence-electron chi connectivity index (χ0n) is 15.1. The molecule has 0 aliphatic rings. The number of fused-ring (bicyclic) bond motifs is 1. The van der Waals surface area contributed by atoms with E-state index in [1.54, 1.807) is 7.11 Å².